The number of aliphatic carboxylic acids is 1. The van der Waals surface area contributed by atoms with Crippen LogP contribution in [-0.2, 0) is 22.7 Å². The first-order chi connectivity index (χ1) is 18.5. The maximum atomic E-state index is 11.3. The first kappa shape index (κ1) is 26.4. The van der Waals surface area contributed by atoms with Crippen molar-refractivity contribution in [3.63, 3.8) is 0 Å². The molecule has 2 aromatic carbocycles. The highest BCUT2D eigenvalue weighted by atomic mass is 35.5. The van der Waals surface area contributed by atoms with Gasteiger partial charge < -0.3 is 19.5 Å². The van der Waals surface area contributed by atoms with E-state index in [0.29, 0.717) is 42.3 Å². The summed E-state index contributed by atoms with van der Waals surface area (Å²) in [5.74, 6) is -0.487. The minimum absolute atomic E-state index is 0.206. The highest BCUT2D eigenvalue weighted by molar-refractivity contribution is 7.14. The van der Waals surface area contributed by atoms with Crippen LogP contribution in [0, 0.1) is 17.2 Å². The number of piperidine rings is 1. The molecule has 38 heavy (non-hydrogen) atoms. The predicted molar refractivity (Wildman–Crippen MR) is 147 cm³/mol. The van der Waals surface area contributed by atoms with Gasteiger partial charge in [-0.15, -0.1) is 11.3 Å². The van der Waals surface area contributed by atoms with Gasteiger partial charge in [0.2, 0.25) is 0 Å². The molecule has 1 aromatic heterocycles. The molecular formula is C28H29ClN4O4S. The number of ether oxygens (including phenoxy) is 2. The van der Waals surface area contributed by atoms with Crippen molar-refractivity contribution in [2.24, 2.45) is 5.92 Å². The second kappa shape index (κ2) is 12.1. The molecule has 2 aliphatic heterocycles. The van der Waals surface area contributed by atoms with Gasteiger partial charge in [-0.25, -0.2) is 4.98 Å². The van der Waals surface area contributed by atoms with Gasteiger partial charge in [0.1, 0.15) is 12.4 Å². The van der Waals surface area contributed by atoms with E-state index in [2.05, 4.69) is 15.9 Å². The highest BCUT2D eigenvalue weighted by Gasteiger charge is 2.26. The maximum Gasteiger partial charge on any atom is 0.306 e. The standard InChI is InChI=1S/C28H29ClN4O4S/c29-24-3-1-2-23(25-18-38-28(31-25)33-8-6-20(7-9-33)27(34)35)26(24)37-17-21-5-4-19(14-22(21)15-30)16-32-10-12-36-13-11-32/h1-5,14,18,20H,6-13,16-17H2,(H,34,35). The molecule has 2 aliphatic rings. The summed E-state index contributed by atoms with van der Waals surface area (Å²) in [5, 5.41) is 22.4. The van der Waals surface area contributed by atoms with Gasteiger partial charge in [0.15, 0.2) is 5.13 Å². The molecule has 198 valence electrons. The van der Waals surface area contributed by atoms with E-state index in [-0.39, 0.29) is 12.5 Å². The predicted octanol–water partition coefficient (Wildman–Crippen LogP) is 5.05. The third-order valence-electron chi connectivity index (χ3n) is 7.03. The van der Waals surface area contributed by atoms with Crippen molar-refractivity contribution >= 4 is 34.0 Å². The Morgan fingerprint density at radius 1 is 1.21 bits per heavy atom. The van der Waals surface area contributed by atoms with Gasteiger partial charge >= 0.3 is 5.97 Å². The second-order valence-corrected chi connectivity index (χ2v) is 10.8. The molecule has 2 fully saturated rings. The van der Waals surface area contributed by atoms with Gasteiger partial charge in [-0.3, -0.25) is 9.69 Å². The Kier molecular flexibility index (Phi) is 8.45. The number of carboxylic acids is 1. The molecule has 3 heterocycles. The Bertz CT molecular complexity index is 1330. The number of benzene rings is 2. The molecule has 2 saturated heterocycles. The number of rotatable bonds is 8. The number of halogens is 1. The molecule has 0 radical (unpaired) electrons. The fourth-order valence-electron chi connectivity index (χ4n) is 4.83. The van der Waals surface area contributed by atoms with Crippen LogP contribution in [0.25, 0.3) is 11.3 Å². The lowest BCUT2D eigenvalue weighted by atomic mass is 9.97. The van der Waals surface area contributed by atoms with Gasteiger partial charge in [-0.1, -0.05) is 29.8 Å². The summed E-state index contributed by atoms with van der Waals surface area (Å²) in [7, 11) is 0. The summed E-state index contributed by atoms with van der Waals surface area (Å²) in [6, 6.07) is 13.8. The van der Waals surface area contributed by atoms with Crippen LogP contribution in [0.4, 0.5) is 5.13 Å². The fourth-order valence-corrected chi connectivity index (χ4v) is 5.94. The molecule has 1 N–H and O–H groups in total. The molecule has 0 aliphatic carbocycles. The Hall–Kier alpha value is -3.16. The Balaban J connectivity index is 1.29. The van der Waals surface area contributed by atoms with E-state index < -0.39 is 5.97 Å². The second-order valence-electron chi connectivity index (χ2n) is 9.51. The number of thiazole rings is 1. The SMILES string of the molecule is N#Cc1cc(CN2CCOCC2)ccc1COc1c(Cl)cccc1-c1csc(N2CCC(C(=O)O)CC2)n1. The van der Waals surface area contributed by atoms with Crippen molar-refractivity contribution < 1.29 is 19.4 Å². The number of carbonyl (C=O) groups is 1. The average Bonchev–Trinajstić information content (AvgIpc) is 3.43. The number of anilines is 1. The minimum atomic E-state index is -0.725. The van der Waals surface area contributed by atoms with Gasteiger partial charge in [0, 0.05) is 49.2 Å². The van der Waals surface area contributed by atoms with E-state index in [9.17, 15) is 15.2 Å². The van der Waals surface area contributed by atoms with Crippen molar-refractivity contribution in [1.82, 2.24) is 9.88 Å². The molecule has 0 atom stereocenters. The third-order valence-corrected chi connectivity index (χ3v) is 8.23. The van der Waals surface area contributed by atoms with Crippen LogP contribution >= 0.6 is 22.9 Å². The zero-order valence-electron chi connectivity index (χ0n) is 20.9. The van der Waals surface area contributed by atoms with Crippen molar-refractivity contribution in [3.05, 3.63) is 63.5 Å². The van der Waals surface area contributed by atoms with Gasteiger partial charge in [-0.2, -0.15) is 5.26 Å². The normalized spacial score (nSPS) is 16.8. The number of para-hydroxylation sites is 1. The summed E-state index contributed by atoms with van der Waals surface area (Å²) in [5.41, 5.74) is 4.01. The van der Waals surface area contributed by atoms with Crippen LogP contribution in [0.1, 0.15) is 29.5 Å². The average molecular weight is 553 g/mol. The fraction of sp³-hybridized carbons (Fsp3) is 0.393. The molecule has 8 nitrogen and oxygen atoms in total. The van der Waals surface area contributed by atoms with Gasteiger partial charge in [-0.05, 0) is 36.6 Å². The first-order valence-corrected chi connectivity index (χ1v) is 13.9. The van der Waals surface area contributed by atoms with Crippen LogP contribution in [0.2, 0.25) is 5.02 Å². The third kappa shape index (κ3) is 6.11. The van der Waals surface area contributed by atoms with Gasteiger partial charge in [0.25, 0.3) is 0 Å². The summed E-state index contributed by atoms with van der Waals surface area (Å²) >= 11 is 8.08. The summed E-state index contributed by atoms with van der Waals surface area (Å²) in [6.07, 6.45) is 1.23. The largest absolute Gasteiger partial charge is 0.487 e. The van der Waals surface area contributed by atoms with E-state index >= 15 is 0 Å². The molecule has 0 spiro atoms. The van der Waals surface area contributed by atoms with Crippen molar-refractivity contribution in [2.75, 3.05) is 44.3 Å². The van der Waals surface area contributed by atoms with E-state index in [1.54, 1.807) is 6.07 Å². The van der Waals surface area contributed by atoms with E-state index in [0.717, 1.165) is 60.4 Å². The Morgan fingerprint density at radius 3 is 2.74 bits per heavy atom. The number of aromatic nitrogens is 1. The number of morpholine rings is 1. The lowest BCUT2D eigenvalue weighted by Gasteiger charge is -2.29. The summed E-state index contributed by atoms with van der Waals surface area (Å²) < 4.78 is 11.6. The smallest absolute Gasteiger partial charge is 0.306 e. The lowest BCUT2D eigenvalue weighted by Crippen LogP contribution is -2.36. The maximum absolute atomic E-state index is 11.3. The first-order valence-electron chi connectivity index (χ1n) is 12.7. The Labute approximate surface area is 231 Å². The Morgan fingerprint density at radius 2 is 2.00 bits per heavy atom. The van der Waals surface area contributed by atoms with Crippen molar-refractivity contribution in [1.29, 1.82) is 5.26 Å². The number of hydrogen-bond acceptors (Lipinski definition) is 8. The van der Waals surface area contributed by atoms with E-state index in [4.69, 9.17) is 26.1 Å². The molecule has 0 saturated carbocycles. The molecule has 3 aromatic rings. The lowest BCUT2D eigenvalue weighted by molar-refractivity contribution is -0.142. The van der Waals surface area contributed by atoms with Crippen LogP contribution in [-0.4, -0.2) is 60.4 Å². The van der Waals surface area contributed by atoms with Crippen molar-refractivity contribution in [3.8, 4) is 23.1 Å². The molecular weight excluding hydrogens is 524 g/mol. The zero-order chi connectivity index (χ0) is 26.5. The summed E-state index contributed by atoms with van der Waals surface area (Å²) in [6.45, 7) is 5.58. The van der Waals surface area contributed by atoms with Crippen LogP contribution in [0.5, 0.6) is 5.75 Å². The van der Waals surface area contributed by atoms with E-state index in [1.807, 2.05) is 35.7 Å². The monoisotopic (exact) mass is 552 g/mol. The van der Waals surface area contributed by atoms with Crippen LogP contribution in [0.3, 0.4) is 0 Å². The quantitative estimate of drug-likeness (QED) is 0.414. The number of nitrogens with zero attached hydrogens (tertiary/aromatic N) is 4. The highest BCUT2D eigenvalue weighted by Crippen LogP contribution is 2.39. The molecule has 10 heteroatoms. The molecule has 5 rings (SSSR count). The number of hydrogen-bond donors (Lipinski definition) is 1. The number of nitriles is 1. The number of carboxylic acid groups (broad SMARTS) is 1. The minimum Gasteiger partial charge on any atom is -0.487 e. The topological polar surface area (TPSA) is 98.9 Å². The zero-order valence-corrected chi connectivity index (χ0v) is 22.5. The van der Waals surface area contributed by atoms with Crippen molar-refractivity contribution in [2.45, 2.75) is 26.0 Å². The van der Waals surface area contributed by atoms with Crippen LogP contribution in [0.15, 0.2) is 41.8 Å². The van der Waals surface area contributed by atoms with Gasteiger partial charge in [0.05, 0.1) is 41.5 Å². The summed E-state index contributed by atoms with van der Waals surface area (Å²) in [4.78, 5) is 20.6. The van der Waals surface area contributed by atoms with Crippen LogP contribution < -0.4 is 9.64 Å². The molecule has 0 amide bonds. The van der Waals surface area contributed by atoms with E-state index in [1.165, 1.54) is 11.3 Å². The molecule has 0 unspecified atom stereocenters. The molecule has 0 bridgehead atoms.